The van der Waals surface area contributed by atoms with Crippen molar-refractivity contribution < 1.29 is 0 Å². The zero-order chi connectivity index (χ0) is 19.2. The molecule has 136 valence electrons. The Morgan fingerprint density at radius 3 is 2.15 bits per heavy atom. The molecule has 0 aliphatic carbocycles. The third-order valence-electron chi connectivity index (χ3n) is 5.12. The van der Waals surface area contributed by atoms with Gasteiger partial charge in [-0.2, -0.15) is 0 Å². The predicted molar refractivity (Wildman–Crippen MR) is 118 cm³/mol. The van der Waals surface area contributed by atoms with Crippen LogP contribution in [0.4, 0.5) is 0 Å². The van der Waals surface area contributed by atoms with Crippen LogP contribution < -0.4 is 0 Å². The Morgan fingerprint density at radius 1 is 0.852 bits per heavy atom. The summed E-state index contributed by atoms with van der Waals surface area (Å²) in [6, 6.07) is 19.8. The van der Waals surface area contributed by atoms with E-state index in [9.17, 15) is 0 Å². The molecule has 4 aromatic rings. The van der Waals surface area contributed by atoms with Crippen molar-refractivity contribution in [3.63, 3.8) is 0 Å². The van der Waals surface area contributed by atoms with Gasteiger partial charge in [0.1, 0.15) is 0 Å². The number of rotatable bonds is 2. The third-order valence-corrected chi connectivity index (χ3v) is 7.46. The molecule has 0 amide bonds. The molecule has 0 aliphatic heterocycles. The molecule has 2 aromatic carbocycles. The van der Waals surface area contributed by atoms with Gasteiger partial charge in [0, 0.05) is 0 Å². The molecule has 0 spiro atoms. The minimum absolute atomic E-state index is 0.181. The van der Waals surface area contributed by atoms with E-state index in [4.69, 9.17) is 4.98 Å². The van der Waals surface area contributed by atoms with Crippen LogP contribution in [0.15, 0.2) is 60.8 Å². The van der Waals surface area contributed by atoms with E-state index < -0.39 is 0 Å². The van der Waals surface area contributed by atoms with Crippen LogP contribution in [-0.4, -0.2) is 19.5 Å². The van der Waals surface area contributed by atoms with E-state index in [1.165, 1.54) is 41.9 Å². The van der Waals surface area contributed by atoms with Gasteiger partial charge in [-0.1, -0.05) is 0 Å². The normalized spacial score (nSPS) is 11.9. The molecule has 1 nitrogen and oxygen atoms in total. The van der Waals surface area contributed by atoms with Crippen molar-refractivity contribution in [1.29, 1.82) is 0 Å². The number of hydrogen-bond acceptors (Lipinski definition) is 1. The van der Waals surface area contributed by atoms with Gasteiger partial charge in [-0.3, -0.25) is 0 Å². The van der Waals surface area contributed by atoms with Crippen LogP contribution in [0.3, 0.4) is 0 Å². The van der Waals surface area contributed by atoms with Crippen molar-refractivity contribution in [3.8, 4) is 21.3 Å². The second-order valence-corrected chi connectivity index (χ2v) is 10.6. The van der Waals surface area contributed by atoms with Gasteiger partial charge >= 0.3 is 168 Å². The summed E-state index contributed by atoms with van der Waals surface area (Å²) < 4.78 is 2.91. The fraction of sp³-hybridized carbons (Fsp3) is 0.240. The Bertz CT molecular complexity index is 1090. The average molecular weight is 418 g/mol. The number of pyridine rings is 1. The molecule has 0 unspecified atom stereocenters. The molecular formula is C25H25NSe. The Balaban J connectivity index is 1.81. The summed E-state index contributed by atoms with van der Waals surface area (Å²) in [5.41, 5.74) is 8.06. The molecule has 2 aromatic heterocycles. The molecule has 27 heavy (non-hydrogen) atoms. The number of hydrogen-bond donors (Lipinski definition) is 0. The van der Waals surface area contributed by atoms with Gasteiger partial charge in [-0.05, 0) is 0 Å². The van der Waals surface area contributed by atoms with Crippen molar-refractivity contribution in [1.82, 2.24) is 4.98 Å². The van der Waals surface area contributed by atoms with E-state index >= 15 is 0 Å². The van der Waals surface area contributed by atoms with E-state index in [-0.39, 0.29) is 5.41 Å². The zero-order valence-electron chi connectivity index (χ0n) is 16.6. The Labute approximate surface area is 167 Å². The second kappa shape index (κ2) is 6.78. The summed E-state index contributed by atoms with van der Waals surface area (Å²) in [7, 11) is 0. The third kappa shape index (κ3) is 3.52. The first-order chi connectivity index (χ1) is 12.8. The topological polar surface area (TPSA) is 12.9 Å². The second-order valence-electron chi connectivity index (χ2n) is 8.32. The fourth-order valence-electron chi connectivity index (χ4n) is 3.61. The molecule has 0 saturated heterocycles. The van der Waals surface area contributed by atoms with Gasteiger partial charge in [0.05, 0.1) is 0 Å². The van der Waals surface area contributed by atoms with Crippen molar-refractivity contribution in [2.75, 3.05) is 0 Å². The molecular weight excluding hydrogens is 393 g/mol. The maximum absolute atomic E-state index is 4.71. The number of aryl methyl sites for hydroxylation is 2. The first kappa shape index (κ1) is 18.2. The molecule has 0 radical (unpaired) electrons. The molecule has 0 N–H and O–H groups in total. The van der Waals surface area contributed by atoms with Gasteiger partial charge in [0.2, 0.25) is 0 Å². The average Bonchev–Trinajstić information content (AvgIpc) is 3.03. The van der Waals surface area contributed by atoms with Gasteiger partial charge in [0.25, 0.3) is 0 Å². The van der Waals surface area contributed by atoms with Crippen molar-refractivity contribution in [3.05, 3.63) is 77.5 Å². The Kier molecular flexibility index (Phi) is 4.58. The van der Waals surface area contributed by atoms with Gasteiger partial charge < -0.3 is 0 Å². The summed E-state index contributed by atoms with van der Waals surface area (Å²) in [6.07, 6.45) is 2.04. The Morgan fingerprint density at radius 2 is 1.52 bits per heavy atom. The van der Waals surface area contributed by atoms with Crippen LogP contribution in [0.1, 0.15) is 37.5 Å². The van der Waals surface area contributed by atoms with Crippen LogP contribution in [0.5, 0.6) is 0 Å². The molecule has 2 heteroatoms. The van der Waals surface area contributed by atoms with Gasteiger partial charge in [0.15, 0.2) is 0 Å². The van der Waals surface area contributed by atoms with E-state index in [0.29, 0.717) is 14.5 Å². The number of benzene rings is 2. The van der Waals surface area contributed by atoms with Crippen molar-refractivity contribution >= 4 is 24.1 Å². The van der Waals surface area contributed by atoms with E-state index in [2.05, 4.69) is 83.1 Å². The Hall–Kier alpha value is -2.15. The summed E-state index contributed by atoms with van der Waals surface area (Å²) in [4.78, 5) is 4.71. The van der Waals surface area contributed by atoms with Crippen molar-refractivity contribution in [2.45, 2.75) is 40.0 Å². The van der Waals surface area contributed by atoms with Crippen LogP contribution in [0.25, 0.3) is 30.9 Å². The molecule has 2 heterocycles. The SMILES string of the molecule is Cc1cc(C(C)(C)C)cc(C)c1-c1cc2cnc(-c3ccccc3)cc2[se]1. The van der Waals surface area contributed by atoms with Gasteiger partial charge in [-0.25, -0.2) is 0 Å². The van der Waals surface area contributed by atoms with E-state index in [0.717, 1.165) is 5.69 Å². The van der Waals surface area contributed by atoms with Crippen LogP contribution in [0.2, 0.25) is 0 Å². The predicted octanol–water partition coefficient (Wildman–Crippen LogP) is 6.54. The van der Waals surface area contributed by atoms with Gasteiger partial charge in [-0.15, -0.1) is 0 Å². The number of fused-ring (bicyclic) bond motifs is 1. The molecule has 0 aliphatic rings. The monoisotopic (exact) mass is 419 g/mol. The quantitative estimate of drug-likeness (QED) is 0.337. The first-order valence-electron chi connectivity index (χ1n) is 9.40. The number of aromatic nitrogens is 1. The summed E-state index contributed by atoms with van der Waals surface area (Å²) in [6.45, 7) is 11.4. The van der Waals surface area contributed by atoms with E-state index in [1.54, 1.807) is 0 Å². The van der Waals surface area contributed by atoms with Crippen molar-refractivity contribution in [2.24, 2.45) is 0 Å². The molecule has 4 rings (SSSR count). The fourth-order valence-corrected chi connectivity index (χ4v) is 6.22. The summed E-state index contributed by atoms with van der Waals surface area (Å²) in [5.74, 6) is 0. The standard InChI is InChI=1S/C25H25NSe/c1-16-11-20(25(3,4)5)12-17(2)24(16)23-13-19-15-26-21(14-22(19)27-23)18-9-7-6-8-10-18/h6-15H,1-5H3. The molecule has 0 bridgehead atoms. The molecule has 0 atom stereocenters. The maximum atomic E-state index is 4.71. The van der Waals surface area contributed by atoms with Crippen LogP contribution >= 0.6 is 0 Å². The summed E-state index contributed by atoms with van der Waals surface area (Å²) in [5, 5.41) is 1.28. The van der Waals surface area contributed by atoms with E-state index in [1.807, 2.05) is 12.3 Å². The van der Waals surface area contributed by atoms with Crippen LogP contribution in [0, 0.1) is 13.8 Å². The zero-order valence-corrected chi connectivity index (χ0v) is 18.3. The number of nitrogens with zero attached hydrogens (tertiary/aromatic N) is 1. The first-order valence-corrected chi connectivity index (χ1v) is 11.1. The molecule has 0 fully saturated rings. The molecule has 0 saturated carbocycles. The summed E-state index contributed by atoms with van der Waals surface area (Å²) >= 11 is 0.320. The van der Waals surface area contributed by atoms with Crippen LogP contribution in [-0.2, 0) is 5.41 Å². The minimum atomic E-state index is 0.181.